The van der Waals surface area contributed by atoms with Gasteiger partial charge in [-0.25, -0.2) is 8.42 Å². The molecule has 6 rings (SSSR count). The molecule has 262 valence electrons. The van der Waals surface area contributed by atoms with Gasteiger partial charge < -0.3 is 9.64 Å². The van der Waals surface area contributed by atoms with Crippen LogP contribution in [0.15, 0.2) is 94.4 Å². The number of sulfonamides is 1. The van der Waals surface area contributed by atoms with Gasteiger partial charge in [0.2, 0.25) is 21.4 Å². The summed E-state index contributed by atoms with van der Waals surface area (Å²) in [7, 11) is -7.72. The van der Waals surface area contributed by atoms with Crippen molar-refractivity contribution in [3.8, 4) is 0 Å². The molecule has 0 bridgehead atoms. The molecule has 2 N–H and O–H groups in total. The molecule has 0 atom stereocenters. The van der Waals surface area contributed by atoms with E-state index in [1.54, 1.807) is 23.1 Å². The first kappa shape index (κ1) is 36.0. The lowest BCUT2D eigenvalue weighted by molar-refractivity contribution is -0.667. The fourth-order valence-electron chi connectivity index (χ4n) is 6.02. The number of benzene rings is 4. The Morgan fingerprint density at radius 1 is 0.960 bits per heavy atom. The Morgan fingerprint density at radius 3 is 2.38 bits per heavy atom. The highest BCUT2D eigenvalue weighted by Crippen LogP contribution is 2.49. The number of anilines is 1. The average molecular weight is 753 g/mol. The number of carbonyl (C=O) groups is 1. The average Bonchev–Trinajstić information content (AvgIpc) is 3.60. The van der Waals surface area contributed by atoms with Crippen LogP contribution >= 0.6 is 23.1 Å². The number of nitrogens with one attached hydrogen (secondary N) is 1. The van der Waals surface area contributed by atoms with Crippen molar-refractivity contribution in [2.45, 2.75) is 37.6 Å². The number of fused-ring (bicyclic) bond motifs is 6. The molecule has 14 heteroatoms. The van der Waals surface area contributed by atoms with Crippen LogP contribution in [0.3, 0.4) is 0 Å². The second-order valence-corrected chi connectivity index (χ2v) is 17.4. The smallest absolute Gasteiger partial charge is 0.265 e. The van der Waals surface area contributed by atoms with E-state index in [9.17, 15) is 26.2 Å². The van der Waals surface area contributed by atoms with E-state index in [4.69, 9.17) is 4.74 Å². The number of allylic oxidation sites excluding steroid dienone is 2. The largest absolute Gasteiger partial charge is 0.379 e. The first-order chi connectivity index (χ1) is 23.9. The van der Waals surface area contributed by atoms with E-state index in [0.29, 0.717) is 19.7 Å². The van der Waals surface area contributed by atoms with Gasteiger partial charge >= 0.3 is 0 Å². The number of nitrogens with zero attached hydrogens (tertiary/aromatic N) is 2. The molecule has 0 saturated carbocycles. The molecular formula is C36H38N3O7S4+. The first-order valence-corrected chi connectivity index (χ1v) is 21.3. The van der Waals surface area contributed by atoms with Gasteiger partial charge in [-0.05, 0) is 52.4 Å². The maximum absolute atomic E-state index is 11.9. The lowest BCUT2D eigenvalue weighted by atomic mass is 10.1. The van der Waals surface area contributed by atoms with E-state index in [1.165, 1.54) is 0 Å². The van der Waals surface area contributed by atoms with Gasteiger partial charge in [0.05, 0.1) is 47.7 Å². The van der Waals surface area contributed by atoms with Gasteiger partial charge in [-0.3, -0.25) is 14.1 Å². The molecule has 0 unspecified atom stereocenters. The maximum atomic E-state index is 11.9. The van der Waals surface area contributed by atoms with Gasteiger partial charge in [-0.1, -0.05) is 84.6 Å². The quantitative estimate of drug-likeness (QED) is 0.0741. The molecule has 4 aromatic carbocycles. The molecule has 0 spiro atoms. The molecule has 5 aromatic rings. The second kappa shape index (κ2) is 15.2. The number of hydrogen-bond donors (Lipinski definition) is 2. The first-order valence-electron chi connectivity index (χ1n) is 16.2. The molecule has 0 aliphatic carbocycles. The van der Waals surface area contributed by atoms with Crippen molar-refractivity contribution in [2.24, 2.45) is 0 Å². The third kappa shape index (κ3) is 8.56. The fourth-order valence-corrected chi connectivity index (χ4v) is 9.51. The molecule has 0 saturated heterocycles. The molecular weight excluding hydrogens is 715 g/mol. The van der Waals surface area contributed by atoms with Crippen molar-refractivity contribution in [1.29, 1.82) is 0 Å². The lowest BCUT2D eigenvalue weighted by Gasteiger charge is -2.21. The SMILES string of the molecule is CCC(=Cc1sc2ccc3ccccc3c2[n+]1CCCS(=O)(=O)O)C=C1Sc2c(ccc3ccccc23)N1CCOCCC(=O)NS(C)(=O)=O. The Balaban J connectivity index is 1.33. The van der Waals surface area contributed by atoms with E-state index < -0.39 is 26.0 Å². The highest BCUT2D eigenvalue weighted by Gasteiger charge is 2.28. The van der Waals surface area contributed by atoms with Crippen molar-refractivity contribution in [1.82, 2.24) is 4.72 Å². The van der Waals surface area contributed by atoms with Gasteiger partial charge in [0, 0.05) is 23.9 Å². The Kier molecular flexibility index (Phi) is 11.0. The molecule has 10 nitrogen and oxygen atoms in total. The minimum absolute atomic E-state index is 0.0663. The summed E-state index contributed by atoms with van der Waals surface area (Å²) in [5.74, 6) is -0.929. The zero-order valence-corrected chi connectivity index (χ0v) is 30.9. The summed E-state index contributed by atoms with van der Waals surface area (Å²) < 4.78 is 66.4. The number of hydrogen-bond acceptors (Lipinski definition) is 9. The van der Waals surface area contributed by atoms with Crippen molar-refractivity contribution in [2.75, 3.05) is 36.7 Å². The molecule has 50 heavy (non-hydrogen) atoms. The highest BCUT2D eigenvalue weighted by atomic mass is 32.2. The number of carbonyl (C=O) groups excluding carboxylic acids is 1. The Labute approximate surface area is 300 Å². The normalized spacial score (nSPS) is 14.7. The summed E-state index contributed by atoms with van der Waals surface area (Å²) in [5.41, 5.74) is 3.17. The summed E-state index contributed by atoms with van der Waals surface area (Å²) in [6.45, 7) is 3.44. The number of amides is 1. The minimum Gasteiger partial charge on any atom is -0.379 e. The van der Waals surface area contributed by atoms with Crippen LogP contribution in [0.4, 0.5) is 5.69 Å². The summed E-state index contributed by atoms with van der Waals surface area (Å²) in [4.78, 5) is 15.3. The van der Waals surface area contributed by atoms with Crippen LogP contribution in [0.2, 0.25) is 0 Å². The van der Waals surface area contributed by atoms with Gasteiger partial charge in [0.25, 0.3) is 15.1 Å². The second-order valence-electron chi connectivity index (χ2n) is 12.0. The number of aromatic nitrogens is 1. The zero-order valence-electron chi connectivity index (χ0n) is 27.7. The van der Waals surface area contributed by atoms with Gasteiger partial charge in [0.1, 0.15) is 4.70 Å². The van der Waals surface area contributed by atoms with Crippen molar-refractivity contribution >= 4 is 92.7 Å². The van der Waals surface area contributed by atoms with Gasteiger partial charge in [-0.2, -0.15) is 13.0 Å². The highest BCUT2D eigenvalue weighted by molar-refractivity contribution is 8.04. The maximum Gasteiger partial charge on any atom is 0.265 e. The van der Waals surface area contributed by atoms with Crippen LogP contribution in [0.5, 0.6) is 0 Å². The Bertz CT molecular complexity index is 2370. The number of thioether (sulfide) groups is 1. The van der Waals surface area contributed by atoms with Crippen molar-refractivity contribution in [3.05, 3.63) is 94.5 Å². The topological polar surface area (TPSA) is 134 Å². The molecule has 1 aromatic heterocycles. The molecule has 1 aliphatic heterocycles. The van der Waals surface area contributed by atoms with Crippen LogP contribution in [0.1, 0.15) is 31.2 Å². The summed E-state index contributed by atoms with van der Waals surface area (Å²) in [6.07, 6.45) is 6.23. The predicted octanol–water partition coefficient (Wildman–Crippen LogP) is 6.50. The standard InChI is InChI=1S/C36H37N3O7S4/c1-3-25(24-34-39(18-8-22-50(43,44)45)35-28-11-6-4-9-26(28)14-16-31(35)47-34)23-33-38(19-21-46-20-17-32(40)37-49(2,41)42)30-15-13-27-10-5-7-12-29(27)36(30)48-33/h4-7,9-16,23-24H,3,8,17-22H2,1-2H3,(H-,37,40,43,44,45)/p+1. The Hall–Kier alpha value is -3.79. The third-order valence-corrected chi connectivity index (χ3v) is 12.0. The van der Waals surface area contributed by atoms with Crippen LogP contribution in [-0.4, -0.2) is 59.1 Å². The van der Waals surface area contributed by atoms with E-state index in [1.807, 2.05) is 29.0 Å². The predicted molar refractivity (Wildman–Crippen MR) is 202 cm³/mol. The zero-order chi connectivity index (χ0) is 35.5. The van der Waals surface area contributed by atoms with E-state index >= 15 is 0 Å². The third-order valence-electron chi connectivity index (χ3n) is 8.28. The van der Waals surface area contributed by atoms with Crippen molar-refractivity contribution in [3.63, 3.8) is 0 Å². The summed E-state index contributed by atoms with van der Waals surface area (Å²) in [5, 5.41) is 6.47. The van der Waals surface area contributed by atoms with E-state index in [0.717, 1.165) is 70.6 Å². The number of rotatable bonds is 14. The lowest BCUT2D eigenvalue weighted by Crippen LogP contribution is -2.36. The van der Waals surface area contributed by atoms with Gasteiger partial charge in [-0.15, -0.1) is 0 Å². The molecule has 0 fully saturated rings. The van der Waals surface area contributed by atoms with Crippen LogP contribution in [-0.2, 0) is 36.2 Å². The number of ether oxygens (including phenoxy) is 1. The molecule has 1 aliphatic rings. The summed E-state index contributed by atoms with van der Waals surface area (Å²) in [6, 6.07) is 24.8. The van der Waals surface area contributed by atoms with Crippen molar-refractivity contribution < 1.29 is 35.5 Å². The van der Waals surface area contributed by atoms with Crippen LogP contribution in [0, 0.1) is 0 Å². The Morgan fingerprint density at radius 2 is 1.66 bits per heavy atom. The van der Waals surface area contributed by atoms with Crippen LogP contribution < -0.4 is 14.2 Å². The molecule has 2 heterocycles. The monoisotopic (exact) mass is 752 g/mol. The van der Waals surface area contributed by atoms with Gasteiger partial charge in [0.15, 0.2) is 6.54 Å². The molecule has 1 amide bonds. The number of aryl methyl sites for hydroxylation is 1. The van der Waals surface area contributed by atoms with E-state index in [2.05, 4.69) is 77.1 Å². The fraction of sp³-hybridized carbons (Fsp3) is 0.278. The molecule has 0 radical (unpaired) electrons. The number of thiazole rings is 1. The summed E-state index contributed by atoms with van der Waals surface area (Å²) >= 11 is 3.34. The van der Waals surface area contributed by atoms with E-state index in [-0.39, 0.29) is 25.2 Å². The minimum atomic E-state index is -4.10. The van der Waals surface area contributed by atoms with Crippen LogP contribution in [0.25, 0.3) is 37.8 Å².